The third-order valence-electron chi connectivity index (χ3n) is 4.45. The lowest BCUT2D eigenvalue weighted by Gasteiger charge is -2.37. The van der Waals surface area contributed by atoms with Gasteiger partial charge in [-0.25, -0.2) is 0 Å². The second-order valence-electron chi connectivity index (χ2n) is 5.96. The van der Waals surface area contributed by atoms with E-state index in [2.05, 4.69) is 30.4 Å². The van der Waals surface area contributed by atoms with Crippen molar-refractivity contribution in [3.8, 4) is 0 Å². The Morgan fingerprint density at radius 1 is 1.11 bits per heavy atom. The lowest BCUT2D eigenvalue weighted by atomic mass is 9.76. The van der Waals surface area contributed by atoms with Gasteiger partial charge in [-0.3, -0.25) is 4.79 Å². The smallest absolute Gasteiger partial charge is 0.138 e. The molecule has 19 heavy (non-hydrogen) atoms. The summed E-state index contributed by atoms with van der Waals surface area (Å²) in [7, 11) is 0. The predicted molar refractivity (Wildman–Crippen MR) is 87.9 cm³/mol. The fourth-order valence-corrected chi connectivity index (χ4v) is 6.79. The van der Waals surface area contributed by atoms with E-state index in [-0.39, 0.29) is 0 Å². The highest BCUT2D eigenvalue weighted by Gasteiger charge is 2.38. The summed E-state index contributed by atoms with van der Waals surface area (Å²) in [5.41, 5.74) is 0. The first kappa shape index (κ1) is 15.8. The molecule has 0 N–H and O–H groups in total. The predicted octanol–water partition coefficient (Wildman–Crippen LogP) is 5.14. The fraction of sp³-hybridized carbons (Fsp3) is 0.938. The molecule has 1 saturated heterocycles. The monoisotopic (exact) mass is 300 g/mol. The number of ketones is 1. The summed E-state index contributed by atoms with van der Waals surface area (Å²) in [6, 6.07) is 0. The first-order valence-corrected chi connectivity index (χ1v) is 10.2. The van der Waals surface area contributed by atoms with Gasteiger partial charge in [0.15, 0.2) is 0 Å². The van der Waals surface area contributed by atoms with Crippen molar-refractivity contribution >= 4 is 29.3 Å². The highest BCUT2D eigenvalue weighted by molar-refractivity contribution is 8.17. The Morgan fingerprint density at radius 3 is 2.63 bits per heavy atom. The topological polar surface area (TPSA) is 17.1 Å². The molecule has 0 aromatic rings. The Morgan fingerprint density at radius 2 is 1.89 bits per heavy atom. The highest BCUT2D eigenvalue weighted by atomic mass is 32.2. The van der Waals surface area contributed by atoms with Gasteiger partial charge in [-0.05, 0) is 43.1 Å². The minimum atomic E-state index is 0.380. The van der Waals surface area contributed by atoms with Gasteiger partial charge in [0, 0.05) is 12.3 Å². The van der Waals surface area contributed by atoms with Crippen molar-refractivity contribution in [2.75, 3.05) is 11.5 Å². The van der Waals surface area contributed by atoms with Gasteiger partial charge < -0.3 is 0 Å². The lowest BCUT2D eigenvalue weighted by molar-refractivity contribution is -0.126. The number of thioether (sulfide) groups is 2. The van der Waals surface area contributed by atoms with E-state index < -0.39 is 0 Å². The van der Waals surface area contributed by atoms with Crippen LogP contribution in [0.4, 0.5) is 0 Å². The summed E-state index contributed by atoms with van der Waals surface area (Å²) in [6.45, 7) is 2.27. The standard InChI is InChI=1S/C16H28OS2/c1-2-3-4-5-8-13-9-6-10-14(17)15(13)16-18-11-7-12-19-16/h13,15-16H,2-12H2,1H3/t13-,15+/m1/s1. The van der Waals surface area contributed by atoms with Crippen LogP contribution in [0.25, 0.3) is 0 Å². The van der Waals surface area contributed by atoms with Gasteiger partial charge in [-0.2, -0.15) is 0 Å². The number of unbranched alkanes of at least 4 members (excludes halogenated alkanes) is 3. The molecule has 2 rings (SSSR count). The molecule has 2 fully saturated rings. The summed E-state index contributed by atoms with van der Waals surface area (Å²) in [5.74, 6) is 4.19. The molecule has 0 bridgehead atoms. The zero-order chi connectivity index (χ0) is 13.5. The molecule has 0 spiro atoms. The third kappa shape index (κ3) is 4.70. The maximum atomic E-state index is 12.4. The number of hydrogen-bond donors (Lipinski definition) is 0. The summed E-state index contributed by atoms with van der Waals surface area (Å²) in [5, 5.41) is 0. The first-order valence-electron chi connectivity index (χ1n) is 8.09. The van der Waals surface area contributed by atoms with Crippen LogP contribution in [0.3, 0.4) is 0 Å². The van der Waals surface area contributed by atoms with Crippen LogP contribution < -0.4 is 0 Å². The zero-order valence-electron chi connectivity index (χ0n) is 12.2. The van der Waals surface area contributed by atoms with Gasteiger partial charge in [-0.15, -0.1) is 23.5 Å². The molecular weight excluding hydrogens is 272 g/mol. The lowest BCUT2D eigenvalue weighted by Crippen LogP contribution is -2.36. The number of carbonyl (C=O) groups excluding carboxylic acids is 1. The third-order valence-corrected chi connectivity index (χ3v) is 7.56. The van der Waals surface area contributed by atoms with Crippen molar-refractivity contribution in [1.29, 1.82) is 0 Å². The molecule has 0 amide bonds. The second kappa shape index (κ2) is 8.61. The zero-order valence-corrected chi connectivity index (χ0v) is 13.9. The van der Waals surface area contributed by atoms with Gasteiger partial charge in [0.05, 0.1) is 4.58 Å². The van der Waals surface area contributed by atoms with Crippen LogP contribution in [0.2, 0.25) is 0 Å². The SMILES string of the molecule is CCCCCC[C@@H]1CCCC(=O)[C@H]1C1SCCCS1. The largest absolute Gasteiger partial charge is 0.299 e. The van der Waals surface area contributed by atoms with Gasteiger partial charge in [-0.1, -0.05) is 32.6 Å². The number of Topliss-reactive ketones (excluding diaryl/α,β-unsaturated/α-hetero) is 1. The van der Waals surface area contributed by atoms with E-state index >= 15 is 0 Å². The van der Waals surface area contributed by atoms with Crippen molar-refractivity contribution in [2.24, 2.45) is 11.8 Å². The Labute approximate surface area is 127 Å². The van der Waals surface area contributed by atoms with Crippen LogP contribution in [0.15, 0.2) is 0 Å². The van der Waals surface area contributed by atoms with Crippen molar-refractivity contribution in [2.45, 2.75) is 69.3 Å². The maximum Gasteiger partial charge on any atom is 0.138 e. The van der Waals surface area contributed by atoms with Gasteiger partial charge in [0.25, 0.3) is 0 Å². The van der Waals surface area contributed by atoms with Gasteiger partial charge >= 0.3 is 0 Å². The molecule has 1 aliphatic carbocycles. The van der Waals surface area contributed by atoms with Crippen LogP contribution in [-0.4, -0.2) is 21.9 Å². The molecule has 110 valence electrons. The molecule has 0 aromatic heterocycles. The summed E-state index contributed by atoms with van der Waals surface area (Å²) in [6.07, 6.45) is 11.3. The van der Waals surface area contributed by atoms with Gasteiger partial charge in [0.2, 0.25) is 0 Å². The van der Waals surface area contributed by atoms with E-state index in [1.807, 2.05) is 0 Å². The van der Waals surface area contributed by atoms with Gasteiger partial charge in [0.1, 0.15) is 5.78 Å². The molecule has 0 radical (unpaired) electrons. The van der Waals surface area contributed by atoms with Crippen LogP contribution in [0, 0.1) is 11.8 Å². The van der Waals surface area contributed by atoms with Crippen LogP contribution >= 0.6 is 23.5 Å². The average molecular weight is 301 g/mol. The van der Waals surface area contributed by atoms with E-state index in [4.69, 9.17) is 0 Å². The molecule has 0 unspecified atom stereocenters. The highest BCUT2D eigenvalue weighted by Crippen LogP contribution is 2.44. The number of carbonyl (C=O) groups is 1. The quantitative estimate of drug-likeness (QED) is 0.632. The Hall–Kier alpha value is 0.370. The van der Waals surface area contributed by atoms with Crippen molar-refractivity contribution in [3.05, 3.63) is 0 Å². The summed E-state index contributed by atoms with van der Waals surface area (Å²) >= 11 is 4.13. The molecule has 2 aliphatic rings. The summed E-state index contributed by atoms with van der Waals surface area (Å²) < 4.78 is 0.581. The van der Waals surface area contributed by atoms with Crippen LogP contribution in [-0.2, 0) is 4.79 Å². The van der Waals surface area contributed by atoms with E-state index in [0.29, 0.717) is 22.2 Å². The Bertz CT molecular complexity index is 274. The minimum absolute atomic E-state index is 0.380. The Kier molecular flexibility index (Phi) is 7.14. The van der Waals surface area contributed by atoms with Crippen molar-refractivity contribution < 1.29 is 4.79 Å². The maximum absolute atomic E-state index is 12.4. The minimum Gasteiger partial charge on any atom is -0.299 e. The van der Waals surface area contributed by atoms with Crippen molar-refractivity contribution in [1.82, 2.24) is 0 Å². The summed E-state index contributed by atoms with van der Waals surface area (Å²) in [4.78, 5) is 12.4. The molecule has 1 heterocycles. The van der Waals surface area contributed by atoms with E-state index in [9.17, 15) is 4.79 Å². The average Bonchev–Trinajstić information content (AvgIpc) is 2.45. The first-order chi connectivity index (χ1) is 9.33. The molecule has 0 aromatic carbocycles. The second-order valence-corrected chi connectivity index (χ2v) is 8.75. The number of hydrogen-bond acceptors (Lipinski definition) is 3. The fourth-order valence-electron chi connectivity index (χ4n) is 3.39. The molecule has 3 heteroatoms. The van der Waals surface area contributed by atoms with E-state index in [1.165, 1.54) is 56.5 Å². The molecule has 2 atom stereocenters. The van der Waals surface area contributed by atoms with Crippen molar-refractivity contribution in [3.63, 3.8) is 0 Å². The Balaban J connectivity index is 1.87. The van der Waals surface area contributed by atoms with Crippen LogP contribution in [0.1, 0.15) is 64.7 Å². The molecule has 1 saturated carbocycles. The normalized spacial score (nSPS) is 29.6. The van der Waals surface area contributed by atoms with Crippen LogP contribution in [0.5, 0.6) is 0 Å². The molecule has 1 nitrogen and oxygen atoms in total. The van der Waals surface area contributed by atoms with E-state index in [0.717, 1.165) is 12.8 Å². The number of rotatable bonds is 6. The molecule has 1 aliphatic heterocycles. The molecular formula is C16H28OS2. The van der Waals surface area contributed by atoms with E-state index in [1.54, 1.807) is 0 Å².